The molecule has 1 aromatic heterocycles. The Balaban J connectivity index is 0.000000568. The Morgan fingerprint density at radius 2 is 1.63 bits per heavy atom. The SMILES string of the molecule is CCCN=C(N)N.CO.Cn1c(-c2cccc(Oc3ccccc3)c2)nc2cc(C(=O)NCc3cccc(C(F)(F)F)c3)ccc21. The zero-order chi connectivity index (χ0) is 33.7. The van der Waals surface area contributed by atoms with E-state index in [4.69, 9.17) is 26.3 Å². The predicted octanol–water partition coefficient (Wildman–Crippen LogP) is 6.26. The van der Waals surface area contributed by atoms with Crippen molar-refractivity contribution in [3.8, 4) is 22.9 Å². The number of alkyl halides is 3. The molecule has 0 spiro atoms. The number of carbonyl (C=O) groups is 1. The lowest BCUT2D eigenvalue weighted by molar-refractivity contribution is -0.137. The van der Waals surface area contributed by atoms with Gasteiger partial charge in [0, 0.05) is 38.4 Å². The van der Waals surface area contributed by atoms with Crippen LogP contribution >= 0.6 is 0 Å². The second-order valence-corrected chi connectivity index (χ2v) is 9.83. The highest BCUT2D eigenvalue weighted by Gasteiger charge is 2.30. The number of aryl methyl sites for hydroxylation is 1. The van der Waals surface area contributed by atoms with Crippen LogP contribution in [0.2, 0.25) is 0 Å². The van der Waals surface area contributed by atoms with Crippen molar-refractivity contribution < 1.29 is 27.8 Å². The van der Waals surface area contributed by atoms with Crippen LogP contribution in [0.3, 0.4) is 0 Å². The van der Waals surface area contributed by atoms with Gasteiger partial charge in [-0.15, -0.1) is 0 Å². The molecule has 4 aromatic carbocycles. The summed E-state index contributed by atoms with van der Waals surface area (Å²) in [5.41, 5.74) is 12.3. The number of nitrogens with one attached hydrogen (secondary N) is 1. The molecule has 0 unspecified atom stereocenters. The number of aliphatic imine (C=N–C) groups is 1. The number of benzene rings is 4. The van der Waals surface area contributed by atoms with E-state index in [1.165, 1.54) is 6.07 Å². The molecular formula is C34H37F3N6O3. The largest absolute Gasteiger partial charge is 0.457 e. The molecule has 0 atom stereocenters. The highest BCUT2D eigenvalue weighted by Crippen LogP contribution is 2.30. The molecule has 0 saturated carbocycles. The van der Waals surface area contributed by atoms with Gasteiger partial charge < -0.3 is 31.2 Å². The van der Waals surface area contributed by atoms with Crippen molar-refractivity contribution in [1.82, 2.24) is 14.9 Å². The van der Waals surface area contributed by atoms with E-state index in [-0.39, 0.29) is 12.5 Å². The lowest BCUT2D eigenvalue weighted by atomic mass is 10.1. The quantitative estimate of drug-likeness (QED) is 0.117. The third kappa shape index (κ3) is 9.83. The van der Waals surface area contributed by atoms with Crippen molar-refractivity contribution in [3.63, 3.8) is 0 Å². The van der Waals surface area contributed by atoms with E-state index in [2.05, 4.69) is 10.3 Å². The van der Waals surface area contributed by atoms with E-state index in [1.807, 2.05) is 73.1 Å². The van der Waals surface area contributed by atoms with E-state index in [0.29, 0.717) is 28.2 Å². The molecule has 0 aliphatic heterocycles. The van der Waals surface area contributed by atoms with Crippen molar-refractivity contribution in [3.05, 3.63) is 114 Å². The number of amides is 1. The number of hydrogen-bond donors (Lipinski definition) is 4. The second-order valence-electron chi connectivity index (χ2n) is 9.83. The molecule has 12 heteroatoms. The number of aromatic nitrogens is 2. The summed E-state index contributed by atoms with van der Waals surface area (Å²) in [6, 6.07) is 27.1. The number of guanidine groups is 1. The van der Waals surface area contributed by atoms with E-state index >= 15 is 0 Å². The van der Waals surface area contributed by atoms with Gasteiger partial charge in [0.25, 0.3) is 5.91 Å². The summed E-state index contributed by atoms with van der Waals surface area (Å²) in [5.74, 6) is 1.89. The number of aliphatic hydroxyl groups excluding tert-OH is 1. The number of fused-ring (bicyclic) bond motifs is 1. The van der Waals surface area contributed by atoms with Crippen LogP contribution in [0.4, 0.5) is 13.2 Å². The molecule has 6 N–H and O–H groups in total. The van der Waals surface area contributed by atoms with E-state index < -0.39 is 17.6 Å². The van der Waals surface area contributed by atoms with Gasteiger partial charge in [-0.05, 0) is 66.6 Å². The number of halogens is 3. The van der Waals surface area contributed by atoms with Gasteiger partial charge in [-0.25, -0.2) is 4.98 Å². The van der Waals surface area contributed by atoms with Crippen LogP contribution in [0.5, 0.6) is 11.5 Å². The van der Waals surface area contributed by atoms with Gasteiger partial charge in [0.1, 0.15) is 17.3 Å². The minimum atomic E-state index is -4.44. The predicted molar refractivity (Wildman–Crippen MR) is 174 cm³/mol. The number of imidazole rings is 1. The first-order valence-electron chi connectivity index (χ1n) is 14.3. The minimum Gasteiger partial charge on any atom is -0.457 e. The van der Waals surface area contributed by atoms with Crippen LogP contribution in [0, 0.1) is 0 Å². The number of nitrogens with zero attached hydrogens (tertiary/aromatic N) is 3. The van der Waals surface area contributed by atoms with E-state index in [9.17, 15) is 18.0 Å². The Bertz CT molecular complexity index is 1750. The molecule has 5 rings (SSSR count). The van der Waals surface area contributed by atoms with Crippen molar-refractivity contribution in [2.75, 3.05) is 13.7 Å². The molecule has 46 heavy (non-hydrogen) atoms. The van der Waals surface area contributed by atoms with Crippen molar-refractivity contribution >= 4 is 22.9 Å². The summed E-state index contributed by atoms with van der Waals surface area (Å²) >= 11 is 0. The van der Waals surface area contributed by atoms with Crippen LogP contribution in [0.25, 0.3) is 22.4 Å². The van der Waals surface area contributed by atoms with Gasteiger partial charge in [-0.3, -0.25) is 9.79 Å². The summed E-state index contributed by atoms with van der Waals surface area (Å²) < 4.78 is 46.7. The fourth-order valence-electron chi connectivity index (χ4n) is 4.31. The molecule has 9 nitrogen and oxygen atoms in total. The van der Waals surface area contributed by atoms with Gasteiger partial charge in [0.05, 0.1) is 16.6 Å². The lowest BCUT2D eigenvalue weighted by Gasteiger charge is -2.10. The fraction of sp³-hybridized carbons (Fsp3) is 0.206. The first kappa shape index (κ1) is 35.1. The average molecular weight is 635 g/mol. The minimum absolute atomic E-state index is 0.0253. The maximum Gasteiger partial charge on any atom is 0.416 e. The zero-order valence-electron chi connectivity index (χ0n) is 25.8. The standard InChI is InChI=1S/C29H22F3N3O2.C4H11N3.CH4O/c1-35-26-14-13-21(28(36)33-18-19-7-5-9-22(15-19)29(30,31)32)17-25(26)34-27(35)20-8-6-12-24(16-20)37-23-10-3-2-4-11-23;1-2-3-7-4(5)6;1-2/h2-17H,18H2,1H3,(H,33,36);2-3H2,1H3,(H4,5,6,7);2H,1H3. The normalized spacial score (nSPS) is 10.6. The monoisotopic (exact) mass is 634 g/mol. The number of carbonyl (C=O) groups excluding carboxylic acids is 1. The topological polar surface area (TPSA) is 141 Å². The fourth-order valence-corrected chi connectivity index (χ4v) is 4.31. The Labute approximate surface area is 265 Å². The number of para-hydroxylation sites is 1. The molecule has 0 aliphatic rings. The molecule has 5 aromatic rings. The molecule has 1 amide bonds. The van der Waals surface area contributed by atoms with Crippen LogP contribution in [0.15, 0.2) is 102 Å². The molecule has 242 valence electrons. The van der Waals surface area contributed by atoms with Crippen LogP contribution in [-0.2, 0) is 19.8 Å². The molecule has 1 heterocycles. The summed E-state index contributed by atoms with van der Waals surface area (Å²) in [5, 5.41) is 9.68. The van der Waals surface area contributed by atoms with Gasteiger partial charge in [-0.2, -0.15) is 13.2 Å². The van der Waals surface area contributed by atoms with Crippen LogP contribution in [0.1, 0.15) is 34.8 Å². The highest BCUT2D eigenvalue weighted by atomic mass is 19.4. The van der Waals surface area contributed by atoms with E-state index in [1.54, 1.807) is 24.3 Å². The highest BCUT2D eigenvalue weighted by molar-refractivity contribution is 5.97. The molecule has 0 fully saturated rings. The van der Waals surface area contributed by atoms with Gasteiger partial charge in [0.15, 0.2) is 5.96 Å². The third-order valence-electron chi connectivity index (χ3n) is 6.44. The maximum absolute atomic E-state index is 13.0. The summed E-state index contributed by atoms with van der Waals surface area (Å²) in [7, 11) is 2.89. The van der Waals surface area contributed by atoms with E-state index in [0.717, 1.165) is 49.0 Å². The van der Waals surface area contributed by atoms with Crippen LogP contribution in [-0.4, -0.2) is 40.2 Å². The lowest BCUT2D eigenvalue weighted by Crippen LogP contribution is -2.23. The Kier molecular flexibility index (Phi) is 12.7. The summed E-state index contributed by atoms with van der Waals surface area (Å²) in [6.45, 7) is 2.73. The van der Waals surface area contributed by atoms with Gasteiger partial charge >= 0.3 is 6.18 Å². The van der Waals surface area contributed by atoms with Gasteiger partial charge in [0.2, 0.25) is 0 Å². The Morgan fingerprint density at radius 3 is 2.28 bits per heavy atom. The first-order valence-corrected chi connectivity index (χ1v) is 14.3. The molecule has 0 aliphatic carbocycles. The smallest absolute Gasteiger partial charge is 0.416 e. The number of rotatable bonds is 8. The van der Waals surface area contributed by atoms with Crippen molar-refractivity contribution in [1.29, 1.82) is 0 Å². The Hall–Kier alpha value is -5.36. The molecular weight excluding hydrogens is 597 g/mol. The first-order chi connectivity index (χ1) is 22.0. The Morgan fingerprint density at radius 1 is 0.935 bits per heavy atom. The average Bonchev–Trinajstić information content (AvgIpc) is 3.39. The second kappa shape index (κ2) is 16.6. The number of hydrogen-bond acceptors (Lipinski definition) is 5. The molecule has 0 saturated heterocycles. The van der Waals surface area contributed by atoms with Crippen molar-refractivity contribution in [2.24, 2.45) is 23.5 Å². The maximum atomic E-state index is 13.0. The number of aliphatic hydroxyl groups is 1. The van der Waals surface area contributed by atoms with Crippen molar-refractivity contribution in [2.45, 2.75) is 26.1 Å². The molecule has 0 radical (unpaired) electrons. The zero-order valence-corrected chi connectivity index (χ0v) is 25.8. The summed E-state index contributed by atoms with van der Waals surface area (Å²) in [4.78, 5) is 21.2. The number of ether oxygens (including phenoxy) is 1. The molecule has 0 bridgehead atoms. The van der Waals surface area contributed by atoms with Crippen LogP contribution < -0.4 is 21.5 Å². The van der Waals surface area contributed by atoms with Gasteiger partial charge in [-0.1, -0.05) is 49.4 Å². The number of nitrogens with two attached hydrogens (primary N) is 2. The third-order valence-corrected chi connectivity index (χ3v) is 6.44. The summed E-state index contributed by atoms with van der Waals surface area (Å²) in [6.07, 6.45) is -3.44.